The van der Waals surface area contributed by atoms with E-state index in [-0.39, 0.29) is 17.0 Å². The summed E-state index contributed by atoms with van der Waals surface area (Å²) in [6, 6.07) is 20.6. The van der Waals surface area contributed by atoms with Crippen molar-refractivity contribution in [3.8, 4) is 0 Å². The zero-order chi connectivity index (χ0) is 22.4. The van der Waals surface area contributed by atoms with E-state index in [9.17, 15) is 14.4 Å². The Hall–Kier alpha value is -4.13. The molecule has 3 N–H and O–H groups in total. The summed E-state index contributed by atoms with van der Waals surface area (Å²) in [6.45, 7) is 2.35. The van der Waals surface area contributed by atoms with Gasteiger partial charge in [0.15, 0.2) is 0 Å². The van der Waals surface area contributed by atoms with Crippen molar-refractivity contribution in [3.05, 3.63) is 95.1 Å². The van der Waals surface area contributed by atoms with E-state index in [4.69, 9.17) is 10.2 Å². The summed E-state index contributed by atoms with van der Waals surface area (Å²) in [6.07, 6.45) is 0. The highest BCUT2D eigenvalue weighted by atomic mass is 16.4. The molecule has 3 aromatic rings. The van der Waals surface area contributed by atoms with Gasteiger partial charge in [-0.3, -0.25) is 4.79 Å². The van der Waals surface area contributed by atoms with Crippen molar-refractivity contribution < 1.29 is 24.6 Å². The highest BCUT2D eigenvalue weighted by Crippen LogP contribution is 2.29. The van der Waals surface area contributed by atoms with Crippen LogP contribution in [0.2, 0.25) is 0 Å². The number of carboxylic acids is 2. The number of para-hydroxylation sites is 2. The molecule has 7 heteroatoms. The summed E-state index contributed by atoms with van der Waals surface area (Å²) < 4.78 is 0. The van der Waals surface area contributed by atoms with Crippen LogP contribution in [0.25, 0.3) is 0 Å². The lowest BCUT2D eigenvalue weighted by Gasteiger charge is -2.27. The largest absolute Gasteiger partial charge is 0.478 e. The predicted molar refractivity (Wildman–Crippen MR) is 117 cm³/mol. The van der Waals surface area contributed by atoms with E-state index in [0.29, 0.717) is 18.8 Å². The average molecular weight is 418 g/mol. The number of amides is 1. The zero-order valence-corrected chi connectivity index (χ0v) is 16.9. The molecule has 0 heterocycles. The fourth-order valence-electron chi connectivity index (χ4n) is 3.22. The lowest BCUT2D eigenvalue weighted by molar-refractivity contribution is -0.114. The Balaban J connectivity index is 1.94. The van der Waals surface area contributed by atoms with Gasteiger partial charge >= 0.3 is 11.9 Å². The molecule has 0 bridgehead atoms. The number of hydrogen-bond acceptors (Lipinski definition) is 4. The molecule has 31 heavy (non-hydrogen) atoms. The second-order valence-electron chi connectivity index (χ2n) is 7.06. The summed E-state index contributed by atoms with van der Waals surface area (Å²) >= 11 is 0. The molecule has 0 aliphatic heterocycles. The Bertz CT molecular complexity index is 1030. The number of carbonyl (C=O) groups excluding carboxylic acids is 1. The molecular formula is C24H22N2O5. The first kappa shape index (κ1) is 21.6. The van der Waals surface area contributed by atoms with E-state index in [2.05, 4.69) is 5.32 Å². The maximum Gasteiger partial charge on any atom is 0.335 e. The van der Waals surface area contributed by atoms with Crippen molar-refractivity contribution in [2.75, 3.05) is 10.2 Å². The van der Waals surface area contributed by atoms with E-state index in [1.165, 1.54) is 6.92 Å². The number of nitrogens with one attached hydrogen (secondary N) is 1. The minimum absolute atomic E-state index is 0.191. The number of aromatic carboxylic acids is 2. The third kappa shape index (κ3) is 5.70. The minimum atomic E-state index is -0.988. The molecule has 0 aliphatic rings. The topological polar surface area (TPSA) is 107 Å². The van der Waals surface area contributed by atoms with Gasteiger partial charge < -0.3 is 20.4 Å². The van der Waals surface area contributed by atoms with Crippen molar-refractivity contribution in [2.45, 2.75) is 20.0 Å². The molecule has 3 aromatic carbocycles. The molecule has 0 fully saturated rings. The minimum Gasteiger partial charge on any atom is -0.478 e. The summed E-state index contributed by atoms with van der Waals surface area (Å²) in [7, 11) is 0. The van der Waals surface area contributed by atoms with Gasteiger partial charge in [-0.15, -0.1) is 0 Å². The Labute approximate surface area is 179 Å². The van der Waals surface area contributed by atoms with Crippen LogP contribution in [-0.2, 0) is 17.9 Å². The van der Waals surface area contributed by atoms with Gasteiger partial charge in [-0.25, -0.2) is 9.59 Å². The zero-order valence-electron chi connectivity index (χ0n) is 16.9. The number of hydrogen-bond donors (Lipinski definition) is 3. The van der Waals surface area contributed by atoms with Crippen LogP contribution in [0.1, 0.15) is 38.8 Å². The Kier molecular flexibility index (Phi) is 6.67. The van der Waals surface area contributed by atoms with Gasteiger partial charge in [-0.2, -0.15) is 0 Å². The standard InChI is InChI=1S/C24H22N2O5/c1-16(27)25-21-4-2-3-5-22(21)26(14-17-6-10-19(11-7-17)23(28)29)15-18-8-12-20(13-9-18)24(30)31/h2-13H,14-15H2,1H3,(H,25,27)(H,28,29)(H,30,31). The lowest BCUT2D eigenvalue weighted by atomic mass is 10.1. The van der Waals surface area contributed by atoms with Crippen molar-refractivity contribution in [2.24, 2.45) is 0 Å². The van der Waals surface area contributed by atoms with Crippen molar-refractivity contribution in [1.82, 2.24) is 0 Å². The molecule has 0 atom stereocenters. The van der Waals surface area contributed by atoms with E-state index < -0.39 is 11.9 Å². The van der Waals surface area contributed by atoms with Crippen LogP contribution < -0.4 is 10.2 Å². The predicted octanol–water partition coefficient (Wildman–Crippen LogP) is 4.25. The van der Waals surface area contributed by atoms with E-state index >= 15 is 0 Å². The molecule has 0 spiro atoms. The van der Waals surface area contributed by atoms with Gasteiger partial charge in [-0.05, 0) is 47.5 Å². The number of nitrogens with zero attached hydrogens (tertiary/aromatic N) is 1. The van der Waals surface area contributed by atoms with Crippen molar-refractivity contribution in [1.29, 1.82) is 0 Å². The Morgan fingerprint density at radius 3 is 1.61 bits per heavy atom. The van der Waals surface area contributed by atoms with E-state index in [0.717, 1.165) is 16.8 Å². The van der Waals surface area contributed by atoms with Crippen LogP contribution in [0.5, 0.6) is 0 Å². The second kappa shape index (κ2) is 9.58. The third-order valence-electron chi connectivity index (χ3n) is 4.70. The molecule has 1 amide bonds. The van der Waals surface area contributed by atoms with Crippen molar-refractivity contribution in [3.63, 3.8) is 0 Å². The van der Waals surface area contributed by atoms with Gasteiger partial charge in [0.25, 0.3) is 0 Å². The Morgan fingerprint density at radius 2 is 1.19 bits per heavy atom. The summed E-state index contributed by atoms with van der Waals surface area (Å²) in [5.74, 6) is -2.17. The molecule has 7 nitrogen and oxygen atoms in total. The molecule has 0 aromatic heterocycles. The SMILES string of the molecule is CC(=O)Nc1ccccc1N(Cc1ccc(C(=O)O)cc1)Cc1ccc(C(=O)O)cc1. The number of benzene rings is 3. The normalized spacial score (nSPS) is 10.4. The monoisotopic (exact) mass is 418 g/mol. The van der Waals surface area contributed by atoms with Gasteiger partial charge in [0.05, 0.1) is 22.5 Å². The van der Waals surface area contributed by atoms with Gasteiger partial charge in [0, 0.05) is 20.0 Å². The van der Waals surface area contributed by atoms with Crippen LogP contribution in [-0.4, -0.2) is 28.1 Å². The Morgan fingerprint density at radius 1 is 0.742 bits per heavy atom. The van der Waals surface area contributed by atoms with Gasteiger partial charge in [0.1, 0.15) is 0 Å². The van der Waals surface area contributed by atoms with Crippen LogP contribution >= 0.6 is 0 Å². The number of carboxylic acid groups (broad SMARTS) is 2. The maximum absolute atomic E-state index is 11.7. The van der Waals surface area contributed by atoms with E-state index in [1.807, 2.05) is 29.2 Å². The van der Waals surface area contributed by atoms with Crippen LogP contribution in [0, 0.1) is 0 Å². The molecule has 0 unspecified atom stereocenters. The molecule has 0 radical (unpaired) electrons. The highest BCUT2D eigenvalue weighted by Gasteiger charge is 2.14. The molecule has 0 saturated heterocycles. The molecule has 0 aliphatic carbocycles. The first-order valence-electron chi connectivity index (χ1n) is 9.59. The molecule has 158 valence electrons. The van der Waals surface area contributed by atoms with Crippen LogP contribution in [0.4, 0.5) is 11.4 Å². The smallest absolute Gasteiger partial charge is 0.335 e. The highest BCUT2D eigenvalue weighted by molar-refractivity contribution is 5.93. The first-order valence-corrected chi connectivity index (χ1v) is 9.59. The second-order valence-corrected chi connectivity index (χ2v) is 7.06. The number of carbonyl (C=O) groups is 3. The van der Waals surface area contributed by atoms with Gasteiger partial charge in [-0.1, -0.05) is 36.4 Å². The van der Waals surface area contributed by atoms with Crippen LogP contribution in [0.3, 0.4) is 0 Å². The van der Waals surface area contributed by atoms with Gasteiger partial charge in [0.2, 0.25) is 5.91 Å². The summed E-state index contributed by atoms with van der Waals surface area (Å²) in [5, 5.41) is 21.1. The summed E-state index contributed by atoms with van der Waals surface area (Å²) in [4.78, 5) is 36.0. The van der Waals surface area contributed by atoms with Crippen LogP contribution in [0.15, 0.2) is 72.8 Å². The van der Waals surface area contributed by atoms with E-state index in [1.54, 1.807) is 48.5 Å². The molecule has 3 rings (SSSR count). The lowest BCUT2D eigenvalue weighted by Crippen LogP contribution is -2.24. The quantitative estimate of drug-likeness (QED) is 0.505. The molecular weight excluding hydrogens is 396 g/mol. The fraction of sp³-hybridized carbons (Fsp3) is 0.125. The fourth-order valence-corrected chi connectivity index (χ4v) is 3.22. The first-order chi connectivity index (χ1) is 14.8. The number of rotatable bonds is 8. The third-order valence-corrected chi connectivity index (χ3v) is 4.70. The maximum atomic E-state index is 11.7. The van der Waals surface area contributed by atoms with Crippen molar-refractivity contribution >= 4 is 29.2 Å². The number of anilines is 2. The summed E-state index contributed by atoms with van der Waals surface area (Å²) in [5.41, 5.74) is 3.65. The molecule has 0 saturated carbocycles. The average Bonchev–Trinajstić information content (AvgIpc) is 2.74.